The lowest BCUT2D eigenvalue weighted by Gasteiger charge is -2.14. The molecule has 156 valence electrons. The van der Waals surface area contributed by atoms with Crippen LogP contribution in [-0.2, 0) is 11.4 Å². The molecular formula is C23H17BrN2O3S2. The lowest BCUT2D eigenvalue weighted by atomic mass is 10.1. The smallest absolute Gasteiger partial charge is 0.270 e. The van der Waals surface area contributed by atoms with Crippen molar-refractivity contribution in [1.82, 2.24) is 4.98 Å². The summed E-state index contributed by atoms with van der Waals surface area (Å²) in [6, 6.07) is 18.7. The van der Waals surface area contributed by atoms with Crippen LogP contribution >= 0.6 is 39.9 Å². The van der Waals surface area contributed by atoms with Crippen LogP contribution in [0.15, 0.2) is 76.2 Å². The van der Waals surface area contributed by atoms with Crippen molar-refractivity contribution in [3.63, 3.8) is 0 Å². The summed E-state index contributed by atoms with van der Waals surface area (Å²) >= 11 is 10.3. The molecule has 1 aliphatic heterocycles. The third-order valence-corrected chi connectivity index (χ3v) is 6.34. The highest BCUT2D eigenvalue weighted by molar-refractivity contribution is 9.10. The predicted molar refractivity (Wildman–Crippen MR) is 131 cm³/mol. The SMILES string of the molecule is COc1cc(/C=C2/SC(=S)N(c3ccccc3)C2=O)cc(Br)c1OCc1ccccn1. The Bertz CT molecular complexity index is 1150. The maximum absolute atomic E-state index is 13.0. The summed E-state index contributed by atoms with van der Waals surface area (Å²) in [4.78, 5) is 19.3. The molecular weight excluding hydrogens is 496 g/mol. The van der Waals surface area contributed by atoms with E-state index < -0.39 is 0 Å². The van der Waals surface area contributed by atoms with Crippen LogP contribution in [0.2, 0.25) is 0 Å². The molecule has 5 nitrogen and oxygen atoms in total. The number of hydrogen-bond donors (Lipinski definition) is 0. The number of benzene rings is 2. The van der Waals surface area contributed by atoms with E-state index in [2.05, 4.69) is 20.9 Å². The molecule has 4 rings (SSSR count). The van der Waals surface area contributed by atoms with Crippen LogP contribution in [0.5, 0.6) is 11.5 Å². The number of nitrogens with zero attached hydrogens (tertiary/aromatic N) is 2. The van der Waals surface area contributed by atoms with Crippen LogP contribution in [0.25, 0.3) is 6.08 Å². The first-order valence-corrected chi connectivity index (χ1v) is 11.3. The topological polar surface area (TPSA) is 51.7 Å². The summed E-state index contributed by atoms with van der Waals surface area (Å²) in [5.41, 5.74) is 2.36. The van der Waals surface area contributed by atoms with Gasteiger partial charge in [-0.1, -0.05) is 48.2 Å². The number of rotatable bonds is 6. The van der Waals surface area contributed by atoms with Gasteiger partial charge in [0.2, 0.25) is 0 Å². The Kier molecular flexibility index (Phi) is 6.70. The molecule has 3 aromatic rings. The summed E-state index contributed by atoms with van der Waals surface area (Å²) < 4.78 is 12.7. The molecule has 0 N–H and O–H groups in total. The van der Waals surface area contributed by atoms with Gasteiger partial charge in [0.15, 0.2) is 15.8 Å². The van der Waals surface area contributed by atoms with Gasteiger partial charge in [-0.25, -0.2) is 0 Å². The summed E-state index contributed by atoms with van der Waals surface area (Å²) in [6.07, 6.45) is 3.53. The number of hydrogen-bond acceptors (Lipinski definition) is 6. The van der Waals surface area contributed by atoms with Gasteiger partial charge in [0.1, 0.15) is 6.61 Å². The molecule has 8 heteroatoms. The molecule has 0 spiro atoms. The van der Waals surface area contributed by atoms with Crippen LogP contribution < -0.4 is 14.4 Å². The van der Waals surface area contributed by atoms with E-state index in [4.69, 9.17) is 21.7 Å². The summed E-state index contributed by atoms with van der Waals surface area (Å²) in [6.45, 7) is 0.310. The van der Waals surface area contributed by atoms with Crippen LogP contribution in [0.1, 0.15) is 11.3 Å². The second-order valence-electron chi connectivity index (χ2n) is 6.50. The monoisotopic (exact) mass is 512 g/mol. The Morgan fingerprint density at radius 1 is 1.16 bits per heavy atom. The van der Waals surface area contributed by atoms with Crippen molar-refractivity contribution >= 4 is 61.9 Å². The van der Waals surface area contributed by atoms with E-state index >= 15 is 0 Å². The first-order valence-electron chi connectivity index (χ1n) is 9.30. The second kappa shape index (κ2) is 9.64. The number of thioether (sulfide) groups is 1. The number of ether oxygens (including phenoxy) is 2. The minimum Gasteiger partial charge on any atom is -0.493 e. The maximum atomic E-state index is 13.0. The number of aromatic nitrogens is 1. The van der Waals surface area contributed by atoms with Gasteiger partial charge >= 0.3 is 0 Å². The molecule has 1 saturated heterocycles. The van der Waals surface area contributed by atoms with Crippen LogP contribution in [0, 0.1) is 0 Å². The van der Waals surface area contributed by atoms with Gasteiger partial charge < -0.3 is 9.47 Å². The zero-order chi connectivity index (χ0) is 21.8. The van der Waals surface area contributed by atoms with Gasteiger partial charge in [-0.2, -0.15) is 0 Å². The second-order valence-corrected chi connectivity index (χ2v) is 9.03. The minimum absolute atomic E-state index is 0.147. The van der Waals surface area contributed by atoms with Crippen molar-refractivity contribution in [2.24, 2.45) is 0 Å². The molecule has 1 aromatic heterocycles. The number of para-hydroxylation sites is 1. The fourth-order valence-electron chi connectivity index (χ4n) is 3.01. The standard InChI is InChI=1S/C23H17BrN2O3S2/c1-28-19-12-15(11-18(24)21(19)29-14-16-7-5-6-10-25-16)13-20-22(27)26(23(30)31-20)17-8-3-2-4-9-17/h2-13H,14H2,1H3/b20-13+. The van der Waals surface area contributed by atoms with Crippen molar-refractivity contribution in [3.05, 3.63) is 87.5 Å². The molecule has 0 aliphatic carbocycles. The quantitative estimate of drug-likeness (QED) is 0.305. The summed E-state index contributed by atoms with van der Waals surface area (Å²) in [5.74, 6) is 0.976. The Morgan fingerprint density at radius 3 is 2.65 bits per heavy atom. The Hall–Kier alpha value is -2.68. The molecule has 2 heterocycles. The average molecular weight is 513 g/mol. The van der Waals surface area contributed by atoms with Crippen LogP contribution in [0.3, 0.4) is 0 Å². The molecule has 0 unspecified atom stereocenters. The van der Waals surface area contributed by atoms with Crippen molar-refractivity contribution in [3.8, 4) is 11.5 Å². The summed E-state index contributed by atoms with van der Waals surface area (Å²) in [5, 5.41) is 0. The third-order valence-electron chi connectivity index (χ3n) is 4.45. The Morgan fingerprint density at radius 2 is 1.94 bits per heavy atom. The number of thiocarbonyl (C=S) groups is 1. The van der Waals surface area contributed by atoms with E-state index in [1.165, 1.54) is 11.8 Å². The van der Waals surface area contributed by atoms with E-state index in [-0.39, 0.29) is 5.91 Å². The minimum atomic E-state index is -0.147. The van der Waals surface area contributed by atoms with E-state index in [9.17, 15) is 4.79 Å². The highest BCUT2D eigenvalue weighted by Gasteiger charge is 2.33. The van der Waals surface area contributed by atoms with Crippen molar-refractivity contribution in [2.45, 2.75) is 6.61 Å². The van der Waals surface area contributed by atoms with E-state index in [0.717, 1.165) is 16.9 Å². The fourth-order valence-corrected chi connectivity index (χ4v) is 4.88. The lowest BCUT2D eigenvalue weighted by Crippen LogP contribution is -2.27. The maximum Gasteiger partial charge on any atom is 0.270 e. The normalized spacial score (nSPS) is 14.9. The first kappa shape index (κ1) is 21.5. The molecule has 0 radical (unpaired) electrons. The number of amides is 1. The zero-order valence-corrected chi connectivity index (χ0v) is 19.7. The number of carbonyl (C=O) groups is 1. The average Bonchev–Trinajstić information content (AvgIpc) is 3.06. The van der Waals surface area contributed by atoms with Gasteiger partial charge in [-0.05, 0) is 64.0 Å². The van der Waals surface area contributed by atoms with E-state index in [0.29, 0.717) is 31.8 Å². The van der Waals surface area contributed by atoms with Gasteiger partial charge in [0, 0.05) is 6.20 Å². The predicted octanol–water partition coefficient (Wildman–Crippen LogP) is 5.84. The molecule has 1 amide bonds. The molecule has 31 heavy (non-hydrogen) atoms. The van der Waals surface area contributed by atoms with Crippen molar-refractivity contribution < 1.29 is 14.3 Å². The lowest BCUT2D eigenvalue weighted by molar-refractivity contribution is -0.113. The Labute approximate surface area is 198 Å². The highest BCUT2D eigenvalue weighted by Crippen LogP contribution is 2.40. The van der Waals surface area contributed by atoms with Crippen molar-refractivity contribution in [2.75, 3.05) is 12.0 Å². The number of halogens is 1. The van der Waals surface area contributed by atoms with Gasteiger partial charge in [-0.15, -0.1) is 0 Å². The van der Waals surface area contributed by atoms with E-state index in [1.54, 1.807) is 24.3 Å². The van der Waals surface area contributed by atoms with Gasteiger partial charge in [0.05, 0.1) is 27.9 Å². The van der Waals surface area contributed by atoms with E-state index in [1.807, 2.05) is 60.7 Å². The first-order chi connectivity index (χ1) is 15.1. The zero-order valence-electron chi connectivity index (χ0n) is 16.4. The van der Waals surface area contributed by atoms with Crippen molar-refractivity contribution in [1.29, 1.82) is 0 Å². The third kappa shape index (κ3) is 4.81. The number of pyridine rings is 1. The Balaban J connectivity index is 1.59. The fraction of sp³-hybridized carbons (Fsp3) is 0.0870. The van der Waals surface area contributed by atoms with Crippen LogP contribution in [0.4, 0.5) is 5.69 Å². The van der Waals surface area contributed by atoms with Crippen LogP contribution in [-0.4, -0.2) is 22.3 Å². The van der Waals surface area contributed by atoms with Gasteiger partial charge in [0.25, 0.3) is 5.91 Å². The molecule has 0 bridgehead atoms. The highest BCUT2D eigenvalue weighted by atomic mass is 79.9. The summed E-state index contributed by atoms with van der Waals surface area (Å²) in [7, 11) is 1.58. The largest absolute Gasteiger partial charge is 0.493 e. The number of carbonyl (C=O) groups excluding carboxylic acids is 1. The molecule has 0 saturated carbocycles. The molecule has 1 aliphatic rings. The molecule has 0 atom stereocenters. The number of anilines is 1. The molecule has 2 aromatic carbocycles. The number of methoxy groups -OCH3 is 1. The van der Waals surface area contributed by atoms with Gasteiger partial charge in [-0.3, -0.25) is 14.7 Å². The molecule has 1 fully saturated rings.